The van der Waals surface area contributed by atoms with Crippen LogP contribution < -0.4 is 39.3 Å². The summed E-state index contributed by atoms with van der Waals surface area (Å²) in [5.74, 6) is 0. The third-order valence-electron chi connectivity index (χ3n) is 8.26. The number of nitrogens with one attached hydrogen (secondary N) is 2. The normalized spacial score (nSPS) is 40.4. The lowest BCUT2D eigenvalue weighted by Crippen LogP contribution is -2.69. The van der Waals surface area contributed by atoms with Crippen molar-refractivity contribution in [2.24, 2.45) is 28.7 Å². The van der Waals surface area contributed by atoms with Crippen LogP contribution in [-0.4, -0.2) is 167 Å². The Hall–Kier alpha value is -1.37. The van der Waals surface area contributed by atoms with Crippen molar-refractivity contribution in [3.63, 3.8) is 0 Å². The molecule has 2 unspecified atom stereocenters. The van der Waals surface area contributed by atoms with Crippen LogP contribution in [0, 0.1) is 0 Å². The maximum atomic E-state index is 12.7. The molecule has 3 rings (SSSR count). The summed E-state index contributed by atoms with van der Waals surface area (Å²) in [6.45, 7) is -0.107. The number of carbonyl (C=O) groups excluding carboxylic acids is 1. The van der Waals surface area contributed by atoms with Gasteiger partial charge in [-0.2, -0.15) is 0 Å². The number of urea groups is 1. The number of hydrogen-bond acceptors (Lipinski definition) is 17. The second-order valence-electron chi connectivity index (χ2n) is 11.5. The fourth-order valence-electron chi connectivity index (χ4n) is 5.67. The van der Waals surface area contributed by atoms with Gasteiger partial charge in [0.2, 0.25) is 0 Å². The summed E-state index contributed by atoms with van der Waals surface area (Å²) < 4.78 is 23.9. The van der Waals surface area contributed by atoms with Crippen molar-refractivity contribution in [2.45, 2.75) is 111 Å². The highest BCUT2D eigenvalue weighted by Gasteiger charge is 2.51. The van der Waals surface area contributed by atoms with Crippen molar-refractivity contribution >= 4 is 6.03 Å². The summed E-state index contributed by atoms with van der Waals surface area (Å²) in [5.41, 5.74) is 29.2. The van der Waals surface area contributed by atoms with E-state index in [1.54, 1.807) is 0 Å². The van der Waals surface area contributed by atoms with Gasteiger partial charge in [-0.05, 0) is 32.2 Å². The second kappa shape index (κ2) is 17.5. The van der Waals surface area contributed by atoms with Gasteiger partial charge in [-0.3, -0.25) is 5.21 Å². The summed E-state index contributed by atoms with van der Waals surface area (Å²) in [6, 6.07) is -4.56. The fraction of sp³-hybridized carbons (Fsp3) is 0.960. The van der Waals surface area contributed by atoms with Crippen LogP contribution in [0.25, 0.3) is 0 Å². The Morgan fingerprint density at radius 3 is 2.30 bits per heavy atom. The molecule has 19 nitrogen and oxygen atoms in total. The predicted octanol–water partition coefficient (Wildman–Crippen LogP) is -6.53. The van der Waals surface area contributed by atoms with E-state index >= 15 is 0 Å². The van der Waals surface area contributed by atoms with E-state index in [4.69, 9.17) is 47.6 Å². The van der Waals surface area contributed by atoms with Crippen LogP contribution in [0.5, 0.6) is 0 Å². The van der Waals surface area contributed by atoms with Crippen LogP contribution in [0.4, 0.5) is 4.79 Å². The van der Waals surface area contributed by atoms with Crippen molar-refractivity contribution in [3.05, 3.63) is 0 Å². The highest BCUT2D eigenvalue weighted by Crippen LogP contribution is 2.32. The molecule has 0 aromatic heterocycles. The van der Waals surface area contributed by atoms with E-state index in [1.807, 2.05) is 0 Å². The van der Waals surface area contributed by atoms with Crippen molar-refractivity contribution in [1.82, 2.24) is 15.7 Å². The summed E-state index contributed by atoms with van der Waals surface area (Å²) in [5, 5.41) is 68.5. The zero-order valence-electron chi connectivity index (χ0n) is 24.7. The molecule has 19 heteroatoms. The van der Waals surface area contributed by atoms with Gasteiger partial charge in [0, 0.05) is 25.7 Å². The molecule has 2 amide bonds. The van der Waals surface area contributed by atoms with Gasteiger partial charge in [0.15, 0.2) is 12.6 Å². The van der Waals surface area contributed by atoms with E-state index in [1.165, 1.54) is 0 Å². The average Bonchev–Trinajstić information content (AvgIpc) is 3.00. The van der Waals surface area contributed by atoms with Crippen LogP contribution in [0.1, 0.15) is 25.7 Å². The topological polar surface area (TPSA) is 333 Å². The van der Waals surface area contributed by atoms with Crippen LogP contribution in [0.2, 0.25) is 0 Å². The molecular weight excluding hydrogens is 588 g/mol. The molecule has 2 aliphatic heterocycles. The average molecular weight is 641 g/mol. The molecule has 0 bridgehead atoms. The predicted molar refractivity (Wildman–Crippen MR) is 152 cm³/mol. The molecular formula is C25H52N8O11. The molecule has 44 heavy (non-hydrogen) atoms. The van der Waals surface area contributed by atoms with Gasteiger partial charge < -0.3 is 83.8 Å². The lowest BCUT2D eigenvalue weighted by atomic mass is 9.83. The first-order valence-corrected chi connectivity index (χ1v) is 15.0. The minimum Gasteiger partial charge on any atom is -0.394 e. The van der Waals surface area contributed by atoms with Crippen LogP contribution >= 0.6 is 0 Å². The first-order chi connectivity index (χ1) is 20.9. The quantitative estimate of drug-likeness (QED) is 0.0619. The van der Waals surface area contributed by atoms with Gasteiger partial charge in [-0.25, -0.2) is 9.86 Å². The maximum Gasteiger partial charge on any atom is 0.341 e. The summed E-state index contributed by atoms with van der Waals surface area (Å²) in [4.78, 5) is 12.7. The molecule has 2 saturated heterocycles. The van der Waals surface area contributed by atoms with E-state index in [2.05, 4.69) is 10.6 Å². The smallest absolute Gasteiger partial charge is 0.341 e. The number of aliphatic hydroxyl groups is 5. The number of amides is 2. The SMILES string of the molecule is NCCC(O)CN[C@@H]1CC[C@@H](CN)O[C@@H]1OC1[C@@H](N)C[C@@H](NC(=O)N(O)CCN)[C@H](O[C@H]2O[C@H](CO)[C@@H](O)[C@H](N)[C@H]2O)[C@H]1O. The van der Waals surface area contributed by atoms with Crippen molar-refractivity contribution in [1.29, 1.82) is 0 Å². The van der Waals surface area contributed by atoms with Gasteiger partial charge in [-0.1, -0.05) is 0 Å². The zero-order chi connectivity index (χ0) is 32.6. The number of aliphatic hydroxyl groups excluding tert-OH is 5. The van der Waals surface area contributed by atoms with Crippen molar-refractivity contribution in [3.8, 4) is 0 Å². The monoisotopic (exact) mass is 640 g/mol. The van der Waals surface area contributed by atoms with E-state index in [0.29, 0.717) is 30.9 Å². The minimum absolute atomic E-state index is 0.0267. The Kier molecular flexibility index (Phi) is 14.8. The molecule has 0 aromatic rings. The summed E-state index contributed by atoms with van der Waals surface area (Å²) in [7, 11) is 0. The Morgan fingerprint density at radius 2 is 1.66 bits per heavy atom. The molecule has 0 spiro atoms. The van der Waals surface area contributed by atoms with Gasteiger partial charge in [0.25, 0.3) is 0 Å². The van der Waals surface area contributed by atoms with Gasteiger partial charge in [0.1, 0.15) is 36.6 Å². The standard InChI is InChI=1S/C25H52N8O11/c26-4-3-11(35)9-31-14-2-1-12(8-28)41-23(14)43-21-13(29)7-15(32-25(39)33(40)6-5-27)22(20(21)38)44-24-19(37)17(30)18(36)16(10-34)42-24/h11-24,31,34-38,40H,1-10,26-30H2,(H,32,39)/t11?,12-,13-,14+,15+,16+,17-,18+,19+,20-,21?,22-,23+,24+/m0/s1. The maximum absolute atomic E-state index is 12.7. The third kappa shape index (κ3) is 9.35. The van der Waals surface area contributed by atoms with Crippen LogP contribution in [0.3, 0.4) is 0 Å². The minimum atomic E-state index is -1.58. The second-order valence-corrected chi connectivity index (χ2v) is 11.5. The molecule has 2 heterocycles. The van der Waals surface area contributed by atoms with Gasteiger partial charge in [-0.15, -0.1) is 0 Å². The summed E-state index contributed by atoms with van der Waals surface area (Å²) in [6.07, 6.45) is -10.2. The van der Waals surface area contributed by atoms with Crippen LogP contribution in [-0.2, 0) is 18.9 Å². The van der Waals surface area contributed by atoms with Crippen molar-refractivity contribution < 1.29 is 54.5 Å². The highest BCUT2D eigenvalue weighted by atomic mass is 16.7. The number of ether oxygens (including phenoxy) is 4. The Labute approximate surface area is 255 Å². The fourth-order valence-corrected chi connectivity index (χ4v) is 5.67. The molecule has 0 aromatic carbocycles. The molecule has 3 aliphatic rings. The van der Waals surface area contributed by atoms with Crippen LogP contribution in [0.15, 0.2) is 0 Å². The molecule has 14 atom stereocenters. The Morgan fingerprint density at radius 1 is 0.955 bits per heavy atom. The summed E-state index contributed by atoms with van der Waals surface area (Å²) >= 11 is 0. The lowest BCUT2D eigenvalue weighted by Gasteiger charge is -2.48. The number of nitrogens with two attached hydrogens (primary N) is 5. The number of rotatable bonds is 14. The third-order valence-corrected chi connectivity index (χ3v) is 8.26. The van der Waals surface area contributed by atoms with E-state index < -0.39 is 92.1 Å². The molecule has 1 aliphatic carbocycles. The first-order valence-electron chi connectivity index (χ1n) is 15.0. The lowest BCUT2D eigenvalue weighted by molar-refractivity contribution is -0.314. The Balaban J connectivity index is 1.83. The van der Waals surface area contributed by atoms with Gasteiger partial charge >= 0.3 is 6.03 Å². The number of hydrogen-bond donors (Lipinski definition) is 13. The first kappa shape index (κ1) is 37.1. The van der Waals surface area contributed by atoms with Gasteiger partial charge in [0.05, 0.1) is 43.5 Å². The number of hydroxylamine groups is 2. The van der Waals surface area contributed by atoms with E-state index in [-0.39, 0.29) is 38.7 Å². The Bertz CT molecular complexity index is 869. The number of carbonyl (C=O) groups is 1. The number of nitrogens with zero attached hydrogens (tertiary/aromatic N) is 1. The van der Waals surface area contributed by atoms with E-state index in [0.717, 1.165) is 0 Å². The largest absolute Gasteiger partial charge is 0.394 e. The van der Waals surface area contributed by atoms with Crippen molar-refractivity contribution in [2.75, 3.05) is 39.3 Å². The molecule has 3 fully saturated rings. The zero-order valence-corrected chi connectivity index (χ0v) is 24.7. The molecule has 18 N–H and O–H groups in total. The molecule has 258 valence electrons. The highest BCUT2D eigenvalue weighted by molar-refractivity contribution is 5.73. The molecule has 0 radical (unpaired) electrons. The van der Waals surface area contributed by atoms with E-state index in [9.17, 15) is 35.5 Å². The molecule has 1 saturated carbocycles.